The van der Waals surface area contributed by atoms with Crippen LogP contribution in [0.3, 0.4) is 0 Å². The molecule has 0 aromatic rings. The van der Waals surface area contributed by atoms with Crippen molar-refractivity contribution < 1.29 is 14.6 Å². The molecule has 0 saturated carbocycles. The first kappa shape index (κ1) is 8.91. The van der Waals surface area contributed by atoms with Crippen LogP contribution >= 0.6 is 0 Å². The van der Waals surface area contributed by atoms with Crippen LogP contribution in [0, 0.1) is 5.92 Å². The lowest BCUT2D eigenvalue weighted by atomic mass is 10.2. The molecule has 0 saturated heterocycles. The molecule has 3 nitrogen and oxygen atoms in total. The molecule has 0 rings (SSSR count). The van der Waals surface area contributed by atoms with Gasteiger partial charge in [-0.3, -0.25) is 4.79 Å². The van der Waals surface area contributed by atoms with Crippen molar-refractivity contribution in [3.8, 4) is 0 Å². The summed E-state index contributed by atoms with van der Waals surface area (Å²) >= 11 is 0. The summed E-state index contributed by atoms with van der Waals surface area (Å²) in [4.78, 5) is 10.7. The predicted molar refractivity (Wildman–Crippen MR) is 37.1 cm³/mol. The molecule has 0 aromatic carbocycles. The van der Waals surface area contributed by atoms with Gasteiger partial charge in [0, 0.05) is 0 Å². The van der Waals surface area contributed by atoms with Crippen molar-refractivity contribution in [3.05, 3.63) is 25.5 Å². The van der Waals surface area contributed by atoms with Crippen LogP contribution in [0.4, 0.5) is 0 Å². The van der Waals surface area contributed by atoms with E-state index in [0.717, 1.165) is 6.26 Å². The highest BCUT2D eigenvalue weighted by Crippen LogP contribution is 1.98. The number of aliphatic hydroxyl groups excluding tert-OH is 1. The average Bonchev–Trinajstić information content (AvgIpc) is 1.91. The van der Waals surface area contributed by atoms with Crippen LogP contribution in [-0.4, -0.2) is 17.7 Å². The molecule has 1 N–H and O–H groups in total. The molecule has 0 fully saturated rings. The molecule has 0 aliphatic rings. The molecule has 0 heterocycles. The summed E-state index contributed by atoms with van der Waals surface area (Å²) in [6.07, 6.45) is 2.35. The highest BCUT2D eigenvalue weighted by atomic mass is 16.5. The topological polar surface area (TPSA) is 46.5 Å². The fourth-order valence-corrected chi connectivity index (χ4v) is 0.415. The van der Waals surface area contributed by atoms with Crippen molar-refractivity contribution in [2.24, 2.45) is 5.92 Å². The fourth-order valence-electron chi connectivity index (χ4n) is 0.415. The maximum atomic E-state index is 10.7. The van der Waals surface area contributed by atoms with Gasteiger partial charge in [-0.05, 0) is 0 Å². The third kappa shape index (κ3) is 2.46. The summed E-state index contributed by atoms with van der Waals surface area (Å²) in [5.41, 5.74) is 0. The Labute approximate surface area is 59.6 Å². The van der Waals surface area contributed by atoms with E-state index in [4.69, 9.17) is 5.11 Å². The highest BCUT2D eigenvalue weighted by Gasteiger charge is 2.13. The second-order valence-corrected chi connectivity index (χ2v) is 1.63. The van der Waals surface area contributed by atoms with Crippen LogP contribution in [0.1, 0.15) is 0 Å². The highest BCUT2D eigenvalue weighted by molar-refractivity contribution is 5.74. The minimum absolute atomic E-state index is 0.282. The number of hydrogen-bond acceptors (Lipinski definition) is 3. The second-order valence-electron chi connectivity index (χ2n) is 1.63. The normalized spacial score (nSPS) is 11.7. The van der Waals surface area contributed by atoms with Crippen molar-refractivity contribution in [2.75, 3.05) is 6.61 Å². The molecular formula is C7H10O3. The second kappa shape index (κ2) is 4.76. The van der Waals surface area contributed by atoms with Gasteiger partial charge in [0.05, 0.1) is 18.8 Å². The van der Waals surface area contributed by atoms with Crippen molar-refractivity contribution in [3.63, 3.8) is 0 Å². The molecular weight excluding hydrogens is 132 g/mol. The van der Waals surface area contributed by atoms with Gasteiger partial charge >= 0.3 is 5.97 Å². The minimum atomic E-state index is -0.641. The summed E-state index contributed by atoms with van der Waals surface area (Å²) in [5, 5.41) is 8.52. The van der Waals surface area contributed by atoms with E-state index in [1.165, 1.54) is 6.08 Å². The van der Waals surface area contributed by atoms with E-state index in [0.29, 0.717) is 0 Å². The summed E-state index contributed by atoms with van der Waals surface area (Å²) in [6, 6.07) is 0. The van der Waals surface area contributed by atoms with Crippen LogP contribution in [0.25, 0.3) is 0 Å². The molecule has 0 aliphatic carbocycles. The van der Waals surface area contributed by atoms with Gasteiger partial charge in [0.25, 0.3) is 0 Å². The van der Waals surface area contributed by atoms with E-state index in [-0.39, 0.29) is 6.61 Å². The minimum Gasteiger partial charge on any atom is -0.435 e. The van der Waals surface area contributed by atoms with Crippen molar-refractivity contribution in [2.45, 2.75) is 0 Å². The monoisotopic (exact) mass is 142 g/mol. The number of esters is 1. The molecule has 10 heavy (non-hydrogen) atoms. The maximum absolute atomic E-state index is 10.7. The average molecular weight is 142 g/mol. The molecule has 3 heteroatoms. The predicted octanol–water partition coefficient (Wildman–Crippen LogP) is 0.468. The molecule has 0 aromatic heterocycles. The first-order valence-corrected chi connectivity index (χ1v) is 2.81. The molecule has 56 valence electrons. The first-order valence-electron chi connectivity index (χ1n) is 2.81. The van der Waals surface area contributed by atoms with E-state index in [2.05, 4.69) is 17.9 Å². The lowest BCUT2D eigenvalue weighted by Crippen LogP contribution is -2.16. The summed E-state index contributed by atoms with van der Waals surface area (Å²) < 4.78 is 4.38. The van der Waals surface area contributed by atoms with Crippen LogP contribution < -0.4 is 0 Å². The Morgan fingerprint density at radius 2 is 2.30 bits per heavy atom. The zero-order valence-electron chi connectivity index (χ0n) is 5.62. The Hall–Kier alpha value is -1.09. The Balaban J connectivity index is 3.87. The third-order valence-corrected chi connectivity index (χ3v) is 0.983. The molecule has 0 aliphatic heterocycles. The molecule has 1 atom stereocenters. The van der Waals surface area contributed by atoms with Crippen molar-refractivity contribution >= 4 is 5.97 Å². The zero-order chi connectivity index (χ0) is 7.98. The number of hydrogen-bond donors (Lipinski definition) is 1. The van der Waals surface area contributed by atoms with Gasteiger partial charge in [0.2, 0.25) is 0 Å². The van der Waals surface area contributed by atoms with Gasteiger partial charge in [0.15, 0.2) is 0 Å². The number of carbonyl (C=O) groups is 1. The summed E-state index contributed by atoms with van der Waals surface area (Å²) in [5.74, 6) is -1.18. The first-order chi connectivity index (χ1) is 4.76. The number of carbonyl (C=O) groups excluding carboxylic acids is 1. The molecule has 0 spiro atoms. The van der Waals surface area contributed by atoms with E-state index in [9.17, 15) is 4.79 Å². The van der Waals surface area contributed by atoms with Crippen molar-refractivity contribution in [1.82, 2.24) is 0 Å². The van der Waals surface area contributed by atoms with Gasteiger partial charge in [0.1, 0.15) is 0 Å². The Morgan fingerprint density at radius 1 is 1.70 bits per heavy atom. The molecule has 0 amide bonds. The van der Waals surface area contributed by atoms with Gasteiger partial charge in [-0.25, -0.2) is 0 Å². The standard InChI is InChI=1S/C7H10O3/c1-3-6(5-8)7(9)10-4-2/h3-4,6,8H,1-2,5H2. The lowest BCUT2D eigenvalue weighted by molar-refractivity contribution is -0.142. The summed E-state index contributed by atoms with van der Waals surface area (Å²) in [6.45, 7) is 6.25. The van der Waals surface area contributed by atoms with E-state index in [1.807, 2.05) is 0 Å². The van der Waals surface area contributed by atoms with Crippen LogP contribution in [0.15, 0.2) is 25.5 Å². The van der Waals surface area contributed by atoms with Crippen LogP contribution in [-0.2, 0) is 9.53 Å². The quantitative estimate of drug-likeness (QED) is 0.352. The number of ether oxygens (including phenoxy) is 1. The number of rotatable bonds is 4. The molecule has 0 radical (unpaired) electrons. The summed E-state index contributed by atoms with van der Waals surface area (Å²) in [7, 11) is 0. The van der Waals surface area contributed by atoms with Gasteiger partial charge in [-0.15, -0.1) is 6.58 Å². The Bertz CT molecular complexity index is 140. The van der Waals surface area contributed by atoms with Gasteiger partial charge < -0.3 is 9.84 Å². The lowest BCUT2D eigenvalue weighted by Gasteiger charge is -2.04. The Kier molecular flexibility index (Phi) is 4.24. The largest absolute Gasteiger partial charge is 0.435 e. The van der Waals surface area contributed by atoms with Crippen LogP contribution in [0.5, 0.6) is 0 Å². The number of aliphatic hydroxyl groups is 1. The molecule has 0 bridgehead atoms. The zero-order valence-corrected chi connectivity index (χ0v) is 5.62. The maximum Gasteiger partial charge on any atom is 0.319 e. The molecule has 1 unspecified atom stereocenters. The van der Waals surface area contributed by atoms with Gasteiger partial charge in [-0.1, -0.05) is 12.7 Å². The van der Waals surface area contributed by atoms with E-state index < -0.39 is 11.9 Å². The van der Waals surface area contributed by atoms with Crippen LogP contribution in [0.2, 0.25) is 0 Å². The third-order valence-electron chi connectivity index (χ3n) is 0.983. The Morgan fingerprint density at radius 3 is 2.60 bits per heavy atom. The van der Waals surface area contributed by atoms with Gasteiger partial charge in [-0.2, -0.15) is 0 Å². The van der Waals surface area contributed by atoms with Crippen molar-refractivity contribution in [1.29, 1.82) is 0 Å². The smallest absolute Gasteiger partial charge is 0.319 e. The van der Waals surface area contributed by atoms with E-state index >= 15 is 0 Å². The van der Waals surface area contributed by atoms with E-state index in [1.54, 1.807) is 0 Å². The fraction of sp³-hybridized carbons (Fsp3) is 0.286. The SMILES string of the molecule is C=COC(=O)C(C=C)CO.